The molecule has 1 aliphatic carbocycles. The molecule has 0 spiro atoms. The predicted octanol–water partition coefficient (Wildman–Crippen LogP) is 4.64. The molecule has 1 N–H and O–H groups in total. The molecule has 1 unspecified atom stereocenters. The molecular weight excluding hydrogens is 440 g/mol. The van der Waals surface area contributed by atoms with Gasteiger partial charge in [-0.3, -0.25) is 14.5 Å². The SMILES string of the molecule is CCC(=O)N(c1nnc(SCC(=O)NC(Cc2ccccc2)c2ccccc2)s1)C1CC1. The topological polar surface area (TPSA) is 75.2 Å². The van der Waals surface area contributed by atoms with Gasteiger partial charge in [0.25, 0.3) is 0 Å². The highest BCUT2D eigenvalue weighted by Crippen LogP contribution is 2.36. The van der Waals surface area contributed by atoms with Gasteiger partial charge in [0.2, 0.25) is 16.9 Å². The fourth-order valence-electron chi connectivity index (χ4n) is 3.48. The van der Waals surface area contributed by atoms with Crippen molar-refractivity contribution < 1.29 is 9.59 Å². The van der Waals surface area contributed by atoms with E-state index in [1.807, 2.05) is 55.5 Å². The Kier molecular flexibility index (Phi) is 7.55. The average molecular weight is 467 g/mol. The van der Waals surface area contributed by atoms with Gasteiger partial charge in [0.05, 0.1) is 11.8 Å². The summed E-state index contributed by atoms with van der Waals surface area (Å²) in [5.74, 6) is 0.266. The molecule has 1 saturated carbocycles. The van der Waals surface area contributed by atoms with Crippen LogP contribution < -0.4 is 10.2 Å². The number of nitrogens with zero attached hydrogens (tertiary/aromatic N) is 3. The van der Waals surface area contributed by atoms with Gasteiger partial charge in [-0.25, -0.2) is 0 Å². The average Bonchev–Trinajstić information content (AvgIpc) is 3.55. The first-order valence-electron chi connectivity index (χ1n) is 10.8. The van der Waals surface area contributed by atoms with Crippen molar-refractivity contribution in [3.05, 3.63) is 71.8 Å². The van der Waals surface area contributed by atoms with Crippen molar-refractivity contribution in [3.63, 3.8) is 0 Å². The van der Waals surface area contributed by atoms with E-state index in [1.54, 1.807) is 4.90 Å². The maximum absolute atomic E-state index is 12.8. The Hall–Kier alpha value is -2.71. The summed E-state index contributed by atoms with van der Waals surface area (Å²) in [6.07, 6.45) is 3.19. The molecular formula is C24H26N4O2S2. The van der Waals surface area contributed by atoms with E-state index in [2.05, 4.69) is 27.6 Å². The number of amides is 2. The van der Waals surface area contributed by atoms with Crippen molar-refractivity contribution in [2.75, 3.05) is 10.7 Å². The van der Waals surface area contributed by atoms with Crippen LogP contribution in [0.15, 0.2) is 65.0 Å². The molecule has 1 aromatic heterocycles. The maximum Gasteiger partial charge on any atom is 0.230 e. The number of thioether (sulfide) groups is 1. The molecule has 1 fully saturated rings. The van der Waals surface area contributed by atoms with Crippen LogP contribution in [0.3, 0.4) is 0 Å². The van der Waals surface area contributed by atoms with Gasteiger partial charge in [-0.05, 0) is 30.4 Å². The van der Waals surface area contributed by atoms with Crippen LogP contribution in [0.4, 0.5) is 5.13 Å². The van der Waals surface area contributed by atoms with Crippen LogP contribution in [0.5, 0.6) is 0 Å². The molecule has 0 saturated heterocycles. The van der Waals surface area contributed by atoms with Crippen LogP contribution in [0.1, 0.15) is 43.4 Å². The Balaban J connectivity index is 1.37. The molecule has 166 valence electrons. The van der Waals surface area contributed by atoms with Gasteiger partial charge in [-0.15, -0.1) is 10.2 Å². The quantitative estimate of drug-likeness (QED) is 0.348. The molecule has 6 nitrogen and oxygen atoms in total. The molecule has 2 amide bonds. The van der Waals surface area contributed by atoms with Crippen molar-refractivity contribution in [2.45, 2.75) is 49.0 Å². The Morgan fingerprint density at radius 2 is 1.78 bits per heavy atom. The van der Waals surface area contributed by atoms with Crippen LogP contribution in [0.25, 0.3) is 0 Å². The van der Waals surface area contributed by atoms with Crippen molar-refractivity contribution in [1.82, 2.24) is 15.5 Å². The lowest BCUT2D eigenvalue weighted by molar-refractivity contribution is -0.119. The van der Waals surface area contributed by atoms with Crippen molar-refractivity contribution >= 4 is 40.0 Å². The van der Waals surface area contributed by atoms with Gasteiger partial charge in [0, 0.05) is 12.5 Å². The number of aromatic nitrogens is 2. The van der Waals surface area contributed by atoms with E-state index in [-0.39, 0.29) is 29.7 Å². The summed E-state index contributed by atoms with van der Waals surface area (Å²) >= 11 is 2.74. The van der Waals surface area contributed by atoms with Crippen molar-refractivity contribution in [1.29, 1.82) is 0 Å². The molecule has 4 rings (SSSR count). The lowest BCUT2D eigenvalue weighted by atomic mass is 9.99. The van der Waals surface area contributed by atoms with E-state index in [4.69, 9.17) is 0 Å². The third-order valence-corrected chi connectivity index (χ3v) is 7.29. The second-order valence-electron chi connectivity index (χ2n) is 7.71. The molecule has 0 radical (unpaired) electrons. The number of carbonyl (C=O) groups is 2. The smallest absolute Gasteiger partial charge is 0.230 e. The van der Waals surface area contributed by atoms with E-state index >= 15 is 0 Å². The fraction of sp³-hybridized carbons (Fsp3) is 0.333. The highest BCUT2D eigenvalue weighted by molar-refractivity contribution is 8.01. The van der Waals surface area contributed by atoms with E-state index < -0.39 is 0 Å². The molecule has 2 aromatic carbocycles. The molecule has 32 heavy (non-hydrogen) atoms. The predicted molar refractivity (Wildman–Crippen MR) is 129 cm³/mol. The third kappa shape index (κ3) is 5.95. The van der Waals surface area contributed by atoms with E-state index in [0.717, 1.165) is 24.8 Å². The lowest BCUT2D eigenvalue weighted by Crippen LogP contribution is -2.32. The van der Waals surface area contributed by atoms with Gasteiger partial charge >= 0.3 is 0 Å². The number of benzene rings is 2. The fourth-order valence-corrected chi connectivity index (χ4v) is 5.22. The summed E-state index contributed by atoms with van der Waals surface area (Å²) in [5.41, 5.74) is 2.25. The Morgan fingerprint density at radius 1 is 1.09 bits per heavy atom. The summed E-state index contributed by atoms with van der Waals surface area (Å²) < 4.78 is 0.698. The molecule has 1 atom stereocenters. The van der Waals surface area contributed by atoms with Crippen LogP contribution in [0, 0.1) is 0 Å². The Labute approximate surface area is 196 Å². The summed E-state index contributed by atoms with van der Waals surface area (Å²) in [5, 5.41) is 12.2. The Morgan fingerprint density at radius 3 is 2.44 bits per heavy atom. The third-order valence-electron chi connectivity index (χ3n) is 5.23. The highest BCUT2D eigenvalue weighted by Gasteiger charge is 2.35. The largest absolute Gasteiger partial charge is 0.348 e. The van der Waals surface area contributed by atoms with Gasteiger partial charge < -0.3 is 5.32 Å². The number of nitrogens with one attached hydrogen (secondary N) is 1. The minimum absolute atomic E-state index is 0.0554. The minimum Gasteiger partial charge on any atom is -0.348 e. The monoisotopic (exact) mass is 466 g/mol. The second-order valence-corrected chi connectivity index (χ2v) is 9.89. The summed E-state index contributed by atoms with van der Waals surface area (Å²) in [7, 11) is 0. The van der Waals surface area contributed by atoms with Crippen molar-refractivity contribution in [3.8, 4) is 0 Å². The first-order valence-corrected chi connectivity index (χ1v) is 12.6. The first-order chi connectivity index (χ1) is 15.6. The number of hydrogen-bond donors (Lipinski definition) is 1. The molecule has 3 aromatic rings. The maximum atomic E-state index is 12.8. The summed E-state index contributed by atoms with van der Waals surface area (Å²) in [6.45, 7) is 1.86. The molecule has 1 heterocycles. The summed E-state index contributed by atoms with van der Waals surface area (Å²) in [4.78, 5) is 26.8. The van der Waals surface area contributed by atoms with Crippen LogP contribution in [-0.2, 0) is 16.0 Å². The number of anilines is 1. The van der Waals surface area contributed by atoms with Crippen LogP contribution >= 0.6 is 23.1 Å². The number of carbonyl (C=O) groups excluding carboxylic acids is 2. The normalized spacial score (nSPS) is 14.0. The van der Waals surface area contributed by atoms with Crippen LogP contribution in [0.2, 0.25) is 0 Å². The van der Waals surface area contributed by atoms with E-state index in [9.17, 15) is 9.59 Å². The van der Waals surface area contributed by atoms with Gasteiger partial charge in [0.1, 0.15) is 0 Å². The zero-order valence-electron chi connectivity index (χ0n) is 17.9. The Bertz CT molecular complexity index is 1040. The van der Waals surface area contributed by atoms with Crippen LogP contribution in [-0.4, -0.2) is 33.8 Å². The van der Waals surface area contributed by atoms with Crippen molar-refractivity contribution in [2.24, 2.45) is 0 Å². The summed E-state index contributed by atoms with van der Waals surface area (Å²) in [6, 6.07) is 20.3. The molecule has 0 bridgehead atoms. The first kappa shape index (κ1) is 22.5. The number of hydrogen-bond acceptors (Lipinski definition) is 6. The molecule has 1 aliphatic rings. The minimum atomic E-state index is -0.107. The second kappa shape index (κ2) is 10.7. The zero-order valence-corrected chi connectivity index (χ0v) is 19.6. The van der Waals surface area contributed by atoms with Gasteiger partial charge in [0.15, 0.2) is 4.34 Å². The van der Waals surface area contributed by atoms with Gasteiger partial charge in [-0.1, -0.05) is 90.7 Å². The molecule has 0 aliphatic heterocycles. The molecule has 8 heteroatoms. The zero-order chi connectivity index (χ0) is 22.3. The van der Waals surface area contributed by atoms with Gasteiger partial charge in [-0.2, -0.15) is 0 Å². The van der Waals surface area contributed by atoms with E-state index in [0.29, 0.717) is 15.9 Å². The lowest BCUT2D eigenvalue weighted by Gasteiger charge is -2.19. The van der Waals surface area contributed by atoms with E-state index in [1.165, 1.54) is 28.7 Å². The number of rotatable bonds is 10. The standard InChI is InChI=1S/C24H26N4O2S2/c1-2-22(30)28(19-13-14-19)23-26-27-24(32-23)31-16-21(29)25-20(18-11-7-4-8-12-18)15-17-9-5-3-6-10-17/h3-12,19-20H,2,13-16H2,1H3,(H,25,29). The highest BCUT2D eigenvalue weighted by atomic mass is 32.2.